The summed E-state index contributed by atoms with van der Waals surface area (Å²) < 4.78 is 5.80. The Morgan fingerprint density at radius 3 is 2.29 bits per heavy atom. The third-order valence-corrected chi connectivity index (χ3v) is 6.39. The van der Waals surface area contributed by atoms with Crippen LogP contribution in [0.15, 0.2) is 75.8 Å². The van der Waals surface area contributed by atoms with Gasteiger partial charge in [0.2, 0.25) is 0 Å². The van der Waals surface area contributed by atoms with Gasteiger partial charge in [-0.25, -0.2) is 9.67 Å². The van der Waals surface area contributed by atoms with Crippen molar-refractivity contribution in [3.8, 4) is 16.9 Å². The fourth-order valence-corrected chi connectivity index (χ4v) is 4.58. The Morgan fingerprint density at radius 2 is 1.65 bits per heavy atom. The molecule has 2 aromatic carbocycles. The van der Waals surface area contributed by atoms with Crippen LogP contribution in [-0.4, -0.2) is 13.9 Å². The Balaban J connectivity index is 1.88. The maximum Gasteiger partial charge on any atom is 0.297 e. The van der Waals surface area contributed by atoms with E-state index in [1.165, 1.54) is 0 Å². The molecule has 4 aromatic rings. The van der Waals surface area contributed by atoms with Gasteiger partial charge in [0.1, 0.15) is 0 Å². The van der Waals surface area contributed by atoms with E-state index in [0.29, 0.717) is 11.6 Å². The molecule has 0 aliphatic carbocycles. The molecular weight excluding hydrogens is 404 g/mol. The van der Waals surface area contributed by atoms with Gasteiger partial charge in [0.15, 0.2) is 10.5 Å². The molecule has 0 radical (unpaired) electrons. The summed E-state index contributed by atoms with van der Waals surface area (Å²) in [6, 6.07) is 20.1. The van der Waals surface area contributed by atoms with Gasteiger partial charge in [0, 0.05) is 19.0 Å². The van der Waals surface area contributed by atoms with Crippen LogP contribution in [0, 0.1) is 12.8 Å². The first-order valence-corrected chi connectivity index (χ1v) is 11.5. The Hall–Kier alpha value is -3.12. The Bertz CT molecular complexity index is 1290. The highest BCUT2D eigenvalue weighted by Gasteiger charge is 2.17. The molecule has 0 aliphatic rings. The lowest BCUT2D eigenvalue weighted by atomic mass is 10.1. The van der Waals surface area contributed by atoms with Crippen molar-refractivity contribution in [2.24, 2.45) is 18.0 Å². The molecule has 0 fully saturated rings. The van der Waals surface area contributed by atoms with E-state index < -0.39 is 0 Å². The molecule has 0 atom stereocenters. The van der Waals surface area contributed by atoms with Crippen molar-refractivity contribution >= 4 is 17.0 Å². The van der Waals surface area contributed by atoms with E-state index in [1.807, 2.05) is 55.1 Å². The van der Waals surface area contributed by atoms with E-state index in [9.17, 15) is 4.79 Å². The van der Waals surface area contributed by atoms with Crippen LogP contribution in [0.25, 0.3) is 16.9 Å². The number of nitrogens with zero attached hydrogens (tertiary/aromatic N) is 4. The minimum atomic E-state index is -0.101. The average molecular weight is 433 g/mol. The summed E-state index contributed by atoms with van der Waals surface area (Å²) in [7, 11) is 1.90. The summed E-state index contributed by atoms with van der Waals surface area (Å²) >= 11 is 1.58. The van der Waals surface area contributed by atoms with E-state index in [0.717, 1.165) is 40.4 Å². The molecule has 0 aliphatic heterocycles. The fourth-order valence-electron chi connectivity index (χ4n) is 3.64. The Labute approximate surface area is 186 Å². The summed E-state index contributed by atoms with van der Waals surface area (Å²) in [5.41, 5.74) is 4.38. The molecule has 0 amide bonds. The number of hydrogen-bond acceptors (Lipinski definition) is 3. The summed E-state index contributed by atoms with van der Waals surface area (Å²) in [5.74, 6) is 0.581. The van der Waals surface area contributed by atoms with Crippen molar-refractivity contribution in [1.82, 2.24) is 13.9 Å². The summed E-state index contributed by atoms with van der Waals surface area (Å²) in [5, 5.41) is 2.14. The topological polar surface area (TPSA) is 44.2 Å². The summed E-state index contributed by atoms with van der Waals surface area (Å²) in [6.45, 7) is 7.27. The third kappa shape index (κ3) is 4.21. The predicted molar refractivity (Wildman–Crippen MR) is 128 cm³/mol. The molecule has 0 N–H and O–H groups in total. The van der Waals surface area contributed by atoms with Crippen LogP contribution in [0.4, 0.5) is 5.69 Å². The second-order valence-corrected chi connectivity index (χ2v) is 8.96. The molecule has 0 bridgehead atoms. The molecule has 31 heavy (non-hydrogen) atoms. The summed E-state index contributed by atoms with van der Waals surface area (Å²) in [4.78, 5) is 19.1. The van der Waals surface area contributed by atoms with Gasteiger partial charge in [0.05, 0.1) is 17.1 Å². The standard InChI is InChI=1S/C25H28N4OS/c1-18(2)15-16-28-22(20-11-7-5-8-12-20)17-31-25(28)26-23-19(3)27(4)29(24(23)30)21-13-9-6-10-14-21/h5-14,17-18H,15-16H2,1-4H3. The molecule has 0 unspecified atom stereocenters. The fraction of sp³-hybridized carbons (Fsp3) is 0.280. The zero-order chi connectivity index (χ0) is 22.0. The van der Waals surface area contributed by atoms with Crippen molar-refractivity contribution in [1.29, 1.82) is 0 Å². The van der Waals surface area contributed by atoms with Gasteiger partial charge in [-0.3, -0.25) is 9.48 Å². The summed E-state index contributed by atoms with van der Waals surface area (Å²) in [6.07, 6.45) is 1.05. The lowest BCUT2D eigenvalue weighted by molar-refractivity contribution is 0.513. The molecule has 0 saturated heterocycles. The van der Waals surface area contributed by atoms with Crippen LogP contribution in [0.1, 0.15) is 26.0 Å². The molecule has 2 aromatic heterocycles. The lowest BCUT2D eigenvalue weighted by Gasteiger charge is -2.10. The number of hydrogen-bond donors (Lipinski definition) is 0. The Kier molecular flexibility index (Phi) is 6.09. The number of benzene rings is 2. The van der Waals surface area contributed by atoms with Crippen LogP contribution in [0.5, 0.6) is 0 Å². The van der Waals surface area contributed by atoms with Gasteiger partial charge in [-0.05, 0) is 37.0 Å². The highest BCUT2D eigenvalue weighted by atomic mass is 32.1. The smallest absolute Gasteiger partial charge is 0.297 e. The average Bonchev–Trinajstić information content (AvgIpc) is 3.27. The van der Waals surface area contributed by atoms with Crippen LogP contribution >= 0.6 is 11.3 Å². The number of thiazole rings is 1. The molecule has 5 nitrogen and oxygen atoms in total. The van der Waals surface area contributed by atoms with Crippen molar-refractivity contribution < 1.29 is 0 Å². The van der Waals surface area contributed by atoms with E-state index in [4.69, 9.17) is 4.99 Å². The van der Waals surface area contributed by atoms with Crippen molar-refractivity contribution in [3.05, 3.63) is 86.9 Å². The lowest BCUT2D eigenvalue weighted by Crippen LogP contribution is -2.20. The van der Waals surface area contributed by atoms with Crippen LogP contribution in [0.2, 0.25) is 0 Å². The van der Waals surface area contributed by atoms with E-state index >= 15 is 0 Å². The van der Waals surface area contributed by atoms with Gasteiger partial charge < -0.3 is 4.57 Å². The first-order chi connectivity index (χ1) is 15.0. The predicted octanol–water partition coefficient (Wildman–Crippen LogP) is 5.29. The van der Waals surface area contributed by atoms with Crippen LogP contribution in [-0.2, 0) is 13.6 Å². The minimum absolute atomic E-state index is 0.101. The maximum atomic E-state index is 13.3. The van der Waals surface area contributed by atoms with E-state index in [1.54, 1.807) is 16.0 Å². The second-order valence-electron chi connectivity index (χ2n) is 8.13. The van der Waals surface area contributed by atoms with Crippen molar-refractivity contribution in [2.75, 3.05) is 0 Å². The number of rotatable bonds is 6. The maximum absolute atomic E-state index is 13.3. The Morgan fingerprint density at radius 1 is 1.00 bits per heavy atom. The highest BCUT2D eigenvalue weighted by molar-refractivity contribution is 7.07. The molecule has 6 heteroatoms. The van der Waals surface area contributed by atoms with Gasteiger partial charge >= 0.3 is 0 Å². The first kappa shape index (κ1) is 21.1. The van der Waals surface area contributed by atoms with Crippen LogP contribution in [0.3, 0.4) is 0 Å². The first-order valence-electron chi connectivity index (χ1n) is 10.6. The number of aromatic nitrogens is 3. The molecule has 2 heterocycles. The molecular formula is C25H28N4OS. The monoisotopic (exact) mass is 432 g/mol. The van der Waals surface area contributed by atoms with Gasteiger partial charge in [-0.2, -0.15) is 0 Å². The minimum Gasteiger partial charge on any atom is -0.316 e. The third-order valence-electron chi connectivity index (χ3n) is 5.53. The molecule has 160 valence electrons. The van der Waals surface area contributed by atoms with Crippen molar-refractivity contribution in [3.63, 3.8) is 0 Å². The van der Waals surface area contributed by atoms with E-state index in [-0.39, 0.29) is 5.56 Å². The van der Waals surface area contributed by atoms with Gasteiger partial charge in [-0.1, -0.05) is 62.4 Å². The van der Waals surface area contributed by atoms with Crippen LogP contribution < -0.4 is 10.4 Å². The van der Waals surface area contributed by atoms with Gasteiger partial charge in [0.25, 0.3) is 5.56 Å². The largest absolute Gasteiger partial charge is 0.316 e. The highest BCUT2D eigenvalue weighted by Crippen LogP contribution is 2.22. The van der Waals surface area contributed by atoms with Crippen molar-refractivity contribution in [2.45, 2.75) is 33.7 Å². The molecule has 0 saturated carbocycles. The molecule has 0 spiro atoms. The van der Waals surface area contributed by atoms with E-state index in [2.05, 4.69) is 48.1 Å². The number of para-hydroxylation sites is 1. The zero-order valence-electron chi connectivity index (χ0n) is 18.4. The molecule has 4 rings (SSSR count). The second kappa shape index (κ2) is 8.94. The quantitative estimate of drug-likeness (QED) is 0.408. The van der Waals surface area contributed by atoms with Gasteiger partial charge in [-0.15, -0.1) is 11.3 Å². The zero-order valence-corrected chi connectivity index (χ0v) is 19.3. The SMILES string of the molecule is Cc1c(N=c2scc(-c3ccccc3)n2CCC(C)C)c(=O)n(-c2ccccc2)n1C. The normalized spacial score (nSPS) is 12.1.